The van der Waals surface area contributed by atoms with Crippen LogP contribution in [-0.4, -0.2) is 56.2 Å². The molecule has 1 amide bonds. The van der Waals surface area contributed by atoms with Crippen LogP contribution in [0.3, 0.4) is 0 Å². The van der Waals surface area contributed by atoms with Crippen molar-refractivity contribution >= 4 is 11.8 Å². The maximum absolute atomic E-state index is 13.6. The van der Waals surface area contributed by atoms with Gasteiger partial charge in [0.25, 0.3) is 0 Å². The van der Waals surface area contributed by atoms with E-state index >= 15 is 0 Å². The number of halogens is 1. The van der Waals surface area contributed by atoms with E-state index in [-0.39, 0.29) is 29.8 Å². The Labute approximate surface area is 224 Å². The zero-order valence-corrected chi connectivity index (χ0v) is 22.3. The van der Waals surface area contributed by atoms with E-state index in [1.807, 2.05) is 56.6 Å². The number of nitrogens with zero attached hydrogens (tertiary/aromatic N) is 2. The molecule has 38 heavy (non-hydrogen) atoms. The summed E-state index contributed by atoms with van der Waals surface area (Å²) in [6.07, 6.45) is 1.38. The molecular weight excluding hydrogens is 481 g/mol. The van der Waals surface area contributed by atoms with Crippen molar-refractivity contribution in [2.75, 3.05) is 45.7 Å². The highest BCUT2D eigenvalue weighted by atomic mass is 19.1. The number of rotatable bonds is 7. The molecule has 2 aliphatic heterocycles. The van der Waals surface area contributed by atoms with Crippen LogP contribution < -0.4 is 14.8 Å². The number of likely N-dealkylation sites (tertiary alicyclic amines) is 1. The highest BCUT2D eigenvalue weighted by molar-refractivity contribution is 5.71. The molecule has 6 nitrogen and oxygen atoms in total. The van der Waals surface area contributed by atoms with Gasteiger partial charge < -0.3 is 24.6 Å². The van der Waals surface area contributed by atoms with E-state index in [0.29, 0.717) is 25.4 Å². The number of carbonyl (C=O) groups is 1. The summed E-state index contributed by atoms with van der Waals surface area (Å²) in [4.78, 5) is 17.1. The Kier molecular flexibility index (Phi) is 7.84. The van der Waals surface area contributed by atoms with Gasteiger partial charge in [-0.15, -0.1) is 0 Å². The first-order valence-electron chi connectivity index (χ1n) is 13.4. The smallest absolute Gasteiger partial charge is 0.415 e. The summed E-state index contributed by atoms with van der Waals surface area (Å²) in [6, 6.07) is 20.9. The predicted molar refractivity (Wildman–Crippen MR) is 148 cm³/mol. The van der Waals surface area contributed by atoms with E-state index in [0.717, 1.165) is 42.0 Å². The predicted octanol–water partition coefficient (Wildman–Crippen LogP) is 6.10. The lowest BCUT2D eigenvalue weighted by Crippen LogP contribution is -2.46. The lowest BCUT2D eigenvalue weighted by molar-refractivity contribution is 0.121. The topological polar surface area (TPSA) is 54.0 Å². The normalized spacial score (nSPS) is 19.6. The Balaban J connectivity index is 1.29. The Morgan fingerprint density at radius 1 is 1.16 bits per heavy atom. The first kappa shape index (κ1) is 26.0. The van der Waals surface area contributed by atoms with Crippen LogP contribution in [0.1, 0.15) is 42.0 Å². The molecular formula is C31H36FN3O3. The lowest BCUT2D eigenvalue weighted by Gasteiger charge is -2.38. The largest absolute Gasteiger partial charge is 0.493 e. The third-order valence-electron chi connectivity index (χ3n) is 7.88. The van der Waals surface area contributed by atoms with E-state index in [1.165, 1.54) is 17.7 Å². The van der Waals surface area contributed by atoms with Crippen LogP contribution in [0.2, 0.25) is 0 Å². The van der Waals surface area contributed by atoms with Crippen LogP contribution in [0.15, 0.2) is 66.7 Å². The van der Waals surface area contributed by atoms with Crippen LogP contribution in [0.4, 0.5) is 14.9 Å². The molecule has 3 aromatic rings. The number of hydrogen-bond acceptors (Lipinski definition) is 5. The number of anilines is 1. The zero-order valence-electron chi connectivity index (χ0n) is 22.3. The SMILES string of the molecule is C[C@@H](c1cccc(OC(=O)N2CC[C@@H](c3ccc(F)cc3)[C@H](CNc3ccc4c(c3)OCC4)C2)c1)N(C)C. The molecule has 1 saturated heterocycles. The number of benzene rings is 3. The van der Waals surface area contributed by atoms with Gasteiger partial charge in [-0.05, 0) is 80.4 Å². The van der Waals surface area contributed by atoms with E-state index in [9.17, 15) is 9.18 Å². The van der Waals surface area contributed by atoms with Gasteiger partial charge >= 0.3 is 6.09 Å². The summed E-state index contributed by atoms with van der Waals surface area (Å²) in [5.74, 6) is 1.56. The summed E-state index contributed by atoms with van der Waals surface area (Å²) < 4.78 is 25.2. The Morgan fingerprint density at radius 3 is 2.76 bits per heavy atom. The number of hydrogen-bond donors (Lipinski definition) is 1. The number of amides is 1. The lowest BCUT2D eigenvalue weighted by atomic mass is 9.80. The highest BCUT2D eigenvalue weighted by Crippen LogP contribution is 2.35. The summed E-state index contributed by atoms with van der Waals surface area (Å²) in [5, 5.41) is 3.56. The molecule has 3 atom stereocenters. The van der Waals surface area contributed by atoms with Gasteiger partial charge in [0.05, 0.1) is 6.61 Å². The molecule has 0 aromatic heterocycles. The molecule has 200 valence electrons. The van der Waals surface area contributed by atoms with E-state index in [4.69, 9.17) is 9.47 Å². The first-order chi connectivity index (χ1) is 18.4. The minimum atomic E-state index is -0.340. The quantitative estimate of drug-likeness (QED) is 0.411. The fraction of sp³-hybridized carbons (Fsp3) is 0.387. The van der Waals surface area contributed by atoms with Crippen LogP contribution in [0, 0.1) is 11.7 Å². The van der Waals surface area contributed by atoms with Gasteiger partial charge in [-0.1, -0.05) is 30.3 Å². The van der Waals surface area contributed by atoms with Crippen molar-refractivity contribution in [1.29, 1.82) is 0 Å². The number of piperidine rings is 1. The number of ether oxygens (including phenoxy) is 2. The second-order valence-electron chi connectivity index (χ2n) is 10.5. The van der Waals surface area contributed by atoms with E-state index < -0.39 is 0 Å². The van der Waals surface area contributed by atoms with Crippen molar-refractivity contribution in [2.45, 2.75) is 31.7 Å². The van der Waals surface area contributed by atoms with Gasteiger partial charge in [-0.2, -0.15) is 0 Å². The molecule has 7 heteroatoms. The van der Waals surface area contributed by atoms with Crippen molar-refractivity contribution in [2.24, 2.45) is 5.92 Å². The molecule has 0 radical (unpaired) electrons. The van der Waals surface area contributed by atoms with Crippen LogP contribution >= 0.6 is 0 Å². The molecule has 2 heterocycles. The van der Waals surface area contributed by atoms with Gasteiger partial charge in [-0.25, -0.2) is 9.18 Å². The molecule has 5 rings (SSSR count). The molecule has 0 spiro atoms. The fourth-order valence-corrected chi connectivity index (χ4v) is 5.38. The highest BCUT2D eigenvalue weighted by Gasteiger charge is 2.33. The van der Waals surface area contributed by atoms with Gasteiger partial charge in [0.15, 0.2) is 0 Å². The minimum absolute atomic E-state index is 0.121. The Bertz CT molecular complexity index is 1260. The molecule has 0 saturated carbocycles. The van der Waals surface area contributed by atoms with Crippen LogP contribution in [0.25, 0.3) is 0 Å². The van der Waals surface area contributed by atoms with Crippen LogP contribution in [-0.2, 0) is 6.42 Å². The molecule has 0 unspecified atom stereocenters. The maximum Gasteiger partial charge on any atom is 0.415 e. The summed E-state index contributed by atoms with van der Waals surface area (Å²) in [6.45, 7) is 4.63. The van der Waals surface area contributed by atoms with E-state index in [2.05, 4.69) is 29.3 Å². The van der Waals surface area contributed by atoms with Crippen LogP contribution in [0.5, 0.6) is 11.5 Å². The number of fused-ring (bicyclic) bond motifs is 1. The Hall–Kier alpha value is -3.58. The molecule has 1 N–H and O–H groups in total. The van der Waals surface area contributed by atoms with E-state index in [1.54, 1.807) is 4.90 Å². The second-order valence-corrected chi connectivity index (χ2v) is 10.5. The summed E-state index contributed by atoms with van der Waals surface area (Å²) >= 11 is 0. The average Bonchev–Trinajstić information content (AvgIpc) is 3.40. The Morgan fingerprint density at radius 2 is 1.97 bits per heavy atom. The van der Waals surface area contributed by atoms with Crippen molar-refractivity contribution in [3.63, 3.8) is 0 Å². The third kappa shape index (κ3) is 5.94. The van der Waals surface area contributed by atoms with Gasteiger partial charge in [0.1, 0.15) is 17.3 Å². The molecule has 2 aliphatic rings. The van der Waals surface area contributed by atoms with Gasteiger partial charge in [0.2, 0.25) is 0 Å². The second kappa shape index (κ2) is 11.4. The number of nitrogens with one attached hydrogen (secondary N) is 1. The van der Waals surface area contributed by atoms with Crippen molar-refractivity contribution in [3.8, 4) is 11.5 Å². The number of carbonyl (C=O) groups excluding carboxylic acids is 1. The fourth-order valence-electron chi connectivity index (χ4n) is 5.38. The minimum Gasteiger partial charge on any atom is -0.493 e. The van der Waals surface area contributed by atoms with Gasteiger partial charge in [0, 0.05) is 49.8 Å². The molecule has 3 aromatic carbocycles. The van der Waals surface area contributed by atoms with Crippen molar-refractivity contribution < 1.29 is 18.7 Å². The first-order valence-corrected chi connectivity index (χ1v) is 13.4. The van der Waals surface area contributed by atoms with Crippen molar-refractivity contribution in [1.82, 2.24) is 9.80 Å². The summed E-state index contributed by atoms with van der Waals surface area (Å²) in [7, 11) is 4.05. The summed E-state index contributed by atoms with van der Waals surface area (Å²) in [5.41, 5.74) is 4.41. The molecule has 0 bridgehead atoms. The van der Waals surface area contributed by atoms with Gasteiger partial charge in [-0.3, -0.25) is 0 Å². The zero-order chi connectivity index (χ0) is 26.6. The standard InChI is InChI=1S/C31H36FN3O3/c1-21(34(2)3)24-5-4-6-28(17-24)38-31(36)35-15-13-29(22-7-10-26(32)11-8-22)25(20-35)19-33-27-12-9-23-14-16-37-30(23)18-27/h4-12,17-18,21,25,29,33H,13-16,19-20H2,1-3H3/t21-,25+,29-/m0/s1. The molecule has 0 aliphatic carbocycles. The molecule has 1 fully saturated rings. The maximum atomic E-state index is 13.6. The third-order valence-corrected chi connectivity index (χ3v) is 7.88. The van der Waals surface area contributed by atoms with Crippen molar-refractivity contribution in [3.05, 3.63) is 89.2 Å². The monoisotopic (exact) mass is 517 g/mol. The average molecular weight is 518 g/mol.